The summed E-state index contributed by atoms with van der Waals surface area (Å²) >= 11 is 6.30. The van der Waals surface area contributed by atoms with Crippen molar-refractivity contribution >= 4 is 39.1 Å². The number of anilines is 1. The van der Waals surface area contributed by atoms with Crippen LogP contribution in [0.15, 0.2) is 71.6 Å². The maximum atomic E-state index is 14.2. The highest BCUT2D eigenvalue weighted by Gasteiger charge is 2.34. The lowest BCUT2D eigenvalue weighted by Crippen LogP contribution is -2.53. The predicted molar refractivity (Wildman–Crippen MR) is 167 cm³/mol. The van der Waals surface area contributed by atoms with Crippen LogP contribution in [0.25, 0.3) is 0 Å². The van der Waals surface area contributed by atoms with Crippen LogP contribution in [0.3, 0.4) is 0 Å². The third-order valence-electron chi connectivity index (χ3n) is 6.71. The first kappa shape index (κ1) is 33.5. The highest BCUT2D eigenvalue weighted by atomic mass is 35.5. The highest BCUT2D eigenvalue weighted by Crippen LogP contribution is 2.37. The van der Waals surface area contributed by atoms with Gasteiger partial charge in [0.1, 0.15) is 18.3 Å². The molecule has 0 saturated carbocycles. The zero-order valence-electron chi connectivity index (χ0n) is 25.2. The molecule has 0 spiro atoms. The molecule has 0 radical (unpaired) electrons. The standard InChI is InChI=1S/C31H38ClN3O7S/c1-21(2)33-31(37)22(3)34(17-16-23-10-8-7-9-11-23)30(36)20-35(26-18-24(32)12-14-27(26)40-4)43(38,39)25-13-15-28(41-5)29(19-25)42-6/h7-15,18-19,21-22H,16-17,20H2,1-6H3,(H,33,37). The summed E-state index contributed by atoms with van der Waals surface area (Å²) in [6.07, 6.45) is 0.453. The fraction of sp³-hybridized carbons (Fsp3) is 0.355. The number of sulfonamides is 1. The smallest absolute Gasteiger partial charge is 0.265 e. The summed E-state index contributed by atoms with van der Waals surface area (Å²) in [6, 6.07) is 17.1. The van der Waals surface area contributed by atoms with Crippen molar-refractivity contribution in [3.63, 3.8) is 0 Å². The van der Waals surface area contributed by atoms with E-state index >= 15 is 0 Å². The van der Waals surface area contributed by atoms with Gasteiger partial charge in [0, 0.05) is 23.7 Å². The van der Waals surface area contributed by atoms with Crippen LogP contribution in [-0.4, -0.2) is 71.6 Å². The Balaban J connectivity index is 2.10. The van der Waals surface area contributed by atoms with Gasteiger partial charge in [-0.1, -0.05) is 41.9 Å². The maximum absolute atomic E-state index is 14.2. The van der Waals surface area contributed by atoms with E-state index in [-0.39, 0.29) is 45.6 Å². The van der Waals surface area contributed by atoms with Crippen LogP contribution < -0.4 is 23.8 Å². The number of ether oxygens (including phenoxy) is 3. The third-order valence-corrected chi connectivity index (χ3v) is 8.70. The Morgan fingerprint density at radius 1 is 0.860 bits per heavy atom. The third kappa shape index (κ3) is 8.32. The normalized spacial score (nSPS) is 11.9. The molecule has 2 amide bonds. The molecule has 43 heavy (non-hydrogen) atoms. The van der Waals surface area contributed by atoms with Crippen LogP contribution in [0.1, 0.15) is 26.3 Å². The molecule has 1 atom stereocenters. The maximum Gasteiger partial charge on any atom is 0.265 e. The van der Waals surface area contributed by atoms with E-state index in [0.29, 0.717) is 12.2 Å². The van der Waals surface area contributed by atoms with Crippen LogP contribution in [0.4, 0.5) is 5.69 Å². The van der Waals surface area contributed by atoms with Crippen LogP contribution in [0, 0.1) is 0 Å². The summed E-state index contributed by atoms with van der Waals surface area (Å²) in [7, 11) is -0.190. The molecule has 0 heterocycles. The zero-order valence-corrected chi connectivity index (χ0v) is 26.7. The van der Waals surface area contributed by atoms with Crippen molar-refractivity contribution in [2.75, 3.05) is 38.7 Å². The molecule has 0 aliphatic carbocycles. The van der Waals surface area contributed by atoms with Crippen molar-refractivity contribution in [2.24, 2.45) is 0 Å². The van der Waals surface area contributed by atoms with Gasteiger partial charge in [0.05, 0.1) is 31.9 Å². The SMILES string of the molecule is COc1ccc(S(=O)(=O)N(CC(=O)N(CCc2ccccc2)C(C)C(=O)NC(C)C)c2cc(Cl)ccc2OC)cc1OC. The van der Waals surface area contributed by atoms with Gasteiger partial charge in [0.15, 0.2) is 11.5 Å². The minimum atomic E-state index is -4.41. The summed E-state index contributed by atoms with van der Waals surface area (Å²) < 4.78 is 45.5. The average Bonchev–Trinajstić information content (AvgIpc) is 2.99. The molecule has 0 fully saturated rings. The van der Waals surface area contributed by atoms with Crippen molar-refractivity contribution < 1.29 is 32.2 Å². The Kier molecular flexibility index (Phi) is 11.7. The Morgan fingerprint density at radius 2 is 1.49 bits per heavy atom. The van der Waals surface area contributed by atoms with E-state index < -0.39 is 28.5 Å². The van der Waals surface area contributed by atoms with E-state index in [2.05, 4.69) is 5.32 Å². The van der Waals surface area contributed by atoms with Crippen LogP contribution >= 0.6 is 11.6 Å². The minimum Gasteiger partial charge on any atom is -0.495 e. The topological polar surface area (TPSA) is 114 Å². The Morgan fingerprint density at radius 3 is 2.09 bits per heavy atom. The Hall–Kier alpha value is -3.96. The van der Waals surface area contributed by atoms with E-state index in [1.165, 1.54) is 56.6 Å². The molecule has 3 aromatic rings. The molecule has 12 heteroatoms. The van der Waals surface area contributed by atoms with Gasteiger partial charge in [-0.3, -0.25) is 13.9 Å². The van der Waals surface area contributed by atoms with Crippen molar-refractivity contribution in [2.45, 2.75) is 44.2 Å². The van der Waals surface area contributed by atoms with E-state index in [0.717, 1.165) is 9.87 Å². The molecule has 1 unspecified atom stereocenters. The van der Waals surface area contributed by atoms with Crippen molar-refractivity contribution in [3.8, 4) is 17.2 Å². The van der Waals surface area contributed by atoms with Gasteiger partial charge < -0.3 is 24.4 Å². The number of halogens is 1. The quantitative estimate of drug-likeness (QED) is 0.278. The van der Waals surface area contributed by atoms with Crippen molar-refractivity contribution in [1.82, 2.24) is 10.2 Å². The molecular formula is C31H38ClN3O7S. The summed E-state index contributed by atoms with van der Waals surface area (Å²) in [5.74, 6) is -0.236. The molecule has 3 rings (SSSR count). The van der Waals surface area contributed by atoms with Gasteiger partial charge in [0.25, 0.3) is 10.0 Å². The molecule has 3 aromatic carbocycles. The highest BCUT2D eigenvalue weighted by molar-refractivity contribution is 7.92. The molecule has 0 aromatic heterocycles. The number of nitrogens with zero attached hydrogens (tertiary/aromatic N) is 2. The Labute approximate surface area is 258 Å². The lowest BCUT2D eigenvalue weighted by Gasteiger charge is -2.32. The van der Waals surface area contributed by atoms with Crippen LogP contribution in [0.2, 0.25) is 5.02 Å². The monoisotopic (exact) mass is 631 g/mol. The van der Waals surface area contributed by atoms with Crippen molar-refractivity contribution in [3.05, 3.63) is 77.3 Å². The first-order valence-electron chi connectivity index (χ1n) is 13.6. The number of rotatable bonds is 14. The van der Waals surface area contributed by atoms with Gasteiger partial charge >= 0.3 is 0 Å². The number of carbonyl (C=O) groups excluding carboxylic acids is 2. The number of nitrogens with one attached hydrogen (secondary N) is 1. The average molecular weight is 632 g/mol. The first-order valence-corrected chi connectivity index (χ1v) is 15.5. The van der Waals surface area contributed by atoms with Crippen LogP contribution in [-0.2, 0) is 26.0 Å². The summed E-state index contributed by atoms with van der Waals surface area (Å²) in [4.78, 5) is 28.4. The van der Waals surface area contributed by atoms with Crippen molar-refractivity contribution in [1.29, 1.82) is 0 Å². The fourth-order valence-electron chi connectivity index (χ4n) is 4.45. The van der Waals surface area contributed by atoms with Gasteiger partial charge in [-0.2, -0.15) is 0 Å². The molecule has 10 nitrogen and oxygen atoms in total. The first-order chi connectivity index (χ1) is 20.4. The van der Waals surface area contributed by atoms with E-state index in [1.54, 1.807) is 13.0 Å². The van der Waals surface area contributed by atoms with Gasteiger partial charge in [-0.15, -0.1) is 0 Å². The largest absolute Gasteiger partial charge is 0.495 e. The number of amides is 2. The lowest BCUT2D eigenvalue weighted by molar-refractivity contribution is -0.139. The fourth-order valence-corrected chi connectivity index (χ4v) is 6.05. The second kappa shape index (κ2) is 15.0. The summed E-state index contributed by atoms with van der Waals surface area (Å²) in [5, 5.41) is 3.08. The minimum absolute atomic E-state index is 0.0560. The molecule has 0 bridgehead atoms. The van der Waals surface area contributed by atoms with Gasteiger partial charge in [-0.05, 0) is 63.1 Å². The van der Waals surface area contributed by atoms with Crippen LogP contribution in [0.5, 0.6) is 17.2 Å². The van der Waals surface area contributed by atoms with E-state index in [1.807, 2.05) is 44.2 Å². The van der Waals surface area contributed by atoms with E-state index in [9.17, 15) is 18.0 Å². The molecule has 0 aliphatic rings. The predicted octanol–water partition coefficient (Wildman–Crippen LogP) is 4.55. The number of hydrogen-bond donors (Lipinski definition) is 1. The number of methoxy groups -OCH3 is 3. The lowest BCUT2D eigenvalue weighted by atomic mass is 10.1. The zero-order chi connectivity index (χ0) is 31.7. The summed E-state index contributed by atoms with van der Waals surface area (Å²) in [6.45, 7) is 4.80. The van der Waals surface area contributed by atoms with E-state index in [4.69, 9.17) is 25.8 Å². The second-order valence-electron chi connectivity index (χ2n) is 10.0. The van der Waals surface area contributed by atoms with Gasteiger partial charge in [-0.25, -0.2) is 8.42 Å². The molecule has 1 N–H and O–H groups in total. The number of hydrogen-bond acceptors (Lipinski definition) is 7. The summed E-state index contributed by atoms with van der Waals surface area (Å²) in [5.41, 5.74) is 1.02. The molecular weight excluding hydrogens is 594 g/mol. The molecule has 232 valence electrons. The molecule has 0 saturated heterocycles. The Bertz CT molecular complexity index is 1520. The van der Waals surface area contributed by atoms with Gasteiger partial charge in [0.2, 0.25) is 11.8 Å². The number of benzene rings is 3. The number of carbonyl (C=O) groups is 2. The second-order valence-corrected chi connectivity index (χ2v) is 12.3. The molecule has 0 aliphatic heterocycles.